The Morgan fingerprint density at radius 1 is 1.27 bits per heavy atom. The van der Waals surface area contributed by atoms with Crippen molar-refractivity contribution in [1.29, 1.82) is 0 Å². The lowest BCUT2D eigenvalue weighted by molar-refractivity contribution is -0.131. The second-order valence-electron chi connectivity index (χ2n) is 6.76. The van der Waals surface area contributed by atoms with Crippen LogP contribution >= 0.6 is 11.6 Å². The molecule has 2 aliphatic rings. The SMILES string of the molecule is CN(CCOc1ccc(Cl)cc1)C(=O)CC1CC2CCC1C2. The molecule has 22 heavy (non-hydrogen) atoms. The predicted molar refractivity (Wildman–Crippen MR) is 88.1 cm³/mol. The van der Waals surface area contributed by atoms with Crippen LogP contribution in [0.15, 0.2) is 24.3 Å². The van der Waals surface area contributed by atoms with Crippen molar-refractivity contribution in [3.05, 3.63) is 29.3 Å². The third kappa shape index (κ3) is 3.75. The van der Waals surface area contributed by atoms with Crippen LogP contribution in [0.1, 0.15) is 32.1 Å². The molecule has 3 atom stereocenters. The van der Waals surface area contributed by atoms with Crippen molar-refractivity contribution in [2.45, 2.75) is 32.1 Å². The molecule has 0 radical (unpaired) electrons. The lowest BCUT2D eigenvalue weighted by atomic mass is 9.86. The molecule has 1 aromatic rings. The molecule has 4 heteroatoms. The standard InChI is InChI=1S/C18H24ClNO2/c1-20(8-9-22-17-6-4-16(19)5-7-17)18(21)12-15-11-13-2-3-14(15)10-13/h4-7,13-15H,2-3,8-12H2,1H3. The Kier molecular flexibility index (Phi) is 4.92. The molecule has 3 rings (SSSR count). The highest BCUT2D eigenvalue weighted by atomic mass is 35.5. The van der Waals surface area contributed by atoms with Crippen LogP contribution in [0.2, 0.25) is 5.02 Å². The summed E-state index contributed by atoms with van der Waals surface area (Å²) in [7, 11) is 1.88. The summed E-state index contributed by atoms with van der Waals surface area (Å²) in [5.74, 6) is 3.40. The molecule has 0 aromatic heterocycles. The number of benzene rings is 1. The first-order valence-corrected chi connectivity index (χ1v) is 8.62. The van der Waals surface area contributed by atoms with E-state index in [9.17, 15) is 4.79 Å². The van der Waals surface area contributed by atoms with E-state index in [1.165, 1.54) is 25.7 Å². The quantitative estimate of drug-likeness (QED) is 0.792. The zero-order valence-electron chi connectivity index (χ0n) is 13.1. The Balaban J connectivity index is 1.38. The summed E-state index contributed by atoms with van der Waals surface area (Å²) in [6.45, 7) is 1.14. The van der Waals surface area contributed by atoms with E-state index >= 15 is 0 Å². The van der Waals surface area contributed by atoms with Crippen LogP contribution in [-0.4, -0.2) is 31.0 Å². The monoisotopic (exact) mass is 321 g/mol. The zero-order chi connectivity index (χ0) is 15.5. The van der Waals surface area contributed by atoms with E-state index < -0.39 is 0 Å². The van der Waals surface area contributed by atoms with Gasteiger partial charge in [-0.05, 0) is 61.3 Å². The summed E-state index contributed by atoms with van der Waals surface area (Å²) in [5.41, 5.74) is 0. The number of ether oxygens (including phenoxy) is 1. The average molecular weight is 322 g/mol. The van der Waals surface area contributed by atoms with Gasteiger partial charge < -0.3 is 9.64 Å². The number of likely N-dealkylation sites (N-methyl/N-ethyl adjacent to an activating group) is 1. The summed E-state index contributed by atoms with van der Waals surface area (Å²) in [6, 6.07) is 7.31. The molecular formula is C18H24ClNO2. The molecule has 3 nitrogen and oxygen atoms in total. The van der Waals surface area contributed by atoms with E-state index in [0.717, 1.165) is 24.0 Å². The maximum atomic E-state index is 12.3. The van der Waals surface area contributed by atoms with E-state index in [0.29, 0.717) is 24.1 Å². The highest BCUT2D eigenvalue weighted by Gasteiger charge is 2.40. The third-order valence-corrected chi connectivity index (χ3v) is 5.51. The molecule has 120 valence electrons. The number of carbonyl (C=O) groups excluding carboxylic acids is 1. The number of hydrogen-bond donors (Lipinski definition) is 0. The molecule has 2 bridgehead atoms. The van der Waals surface area contributed by atoms with Crippen LogP contribution in [0.5, 0.6) is 5.75 Å². The number of halogens is 1. The van der Waals surface area contributed by atoms with E-state index in [4.69, 9.17) is 16.3 Å². The van der Waals surface area contributed by atoms with E-state index in [1.807, 2.05) is 24.1 Å². The largest absolute Gasteiger partial charge is 0.492 e. The van der Waals surface area contributed by atoms with Gasteiger partial charge in [0.15, 0.2) is 0 Å². The van der Waals surface area contributed by atoms with Gasteiger partial charge in [0.25, 0.3) is 0 Å². The van der Waals surface area contributed by atoms with Gasteiger partial charge in [0.1, 0.15) is 12.4 Å². The maximum absolute atomic E-state index is 12.3. The first kappa shape index (κ1) is 15.7. The summed E-state index contributed by atoms with van der Waals surface area (Å²) >= 11 is 5.84. The molecule has 2 fully saturated rings. The summed E-state index contributed by atoms with van der Waals surface area (Å²) in [6.07, 6.45) is 6.08. The third-order valence-electron chi connectivity index (χ3n) is 5.26. The Bertz CT molecular complexity index is 516. The van der Waals surface area contributed by atoms with Gasteiger partial charge in [0.05, 0.1) is 6.54 Å². The second-order valence-corrected chi connectivity index (χ2v) is 7.19. The minimum Gasteiger partial charge on any atom is -0.492 e. The smallest absolute Gasteiger partial charge is 0.222 e. The van der Waals surface area contributed by atoms with Gasteiger partial charge in [0, 0.05) is 18.5 Å². The van der Waals surface area contributed by atoms with E-state index in [-0.39, 0.29) is 5.91 Å². The number of carbonyl (C=O) groups is 1. The molecule has 1 amide bonds. The van der Waals surface area contributed by atoms with Gasteiger partial charge in [0.2, 0.25) is 5.91 Å². The van der Waals surface area contributed by atoms with Crippen LogP contribution in [0.25, 0.3) is 0 Å². The minimum atomic E-state index is 0.261. The van der Waals surface area contributed by atoms with Crippen LogP contribution in [0.3, 0.4) is 0 Å². The Hall–Kier alpha value is -1.22. The number of rotatable bonds is 6. The molecule has 0 aliphatic heterocycles. The molecule has 1 aromatic carbocycles. The molecule has 0 spiro atoms. The Morgan fingerprint density at radius 3 is 2.68 bits per heavy atom. The van der Waals surface area contributed by atoms with Crippen LogP contribution < -0.4 is 4.74 Å². The summed E-state index contributed by atoms with van der Waals surface area (Å²) < 4.78 is 5.65. The highest BCUT2D eigenvalue weighted by Crippen LogP contribution is 2.49. The van der Waals surface area contributed by atoms with Crippen molar-refractivity contribution in [1.82, 2.24) is 4.90 Å². The average Bonchev–Trinajstić information content (AvgIpc) is 3.11. The van der Waals surface area contributed by atoms with Crippen molar-refractivity contribution >= 4 is 17.5 Å². The fraction of sp³-hybridized carbons (Fsp3) is 0.611. The van der Waals surface area contributed by atoms with E-state index in [2.05, 4.69) is 0 Å². The topological polar surface area (TPSA) is 29.5 Å². The van der Waals surface area contributed by atoms with Crippen LogP contribution in [0.4, 0.5) is 0 Å². The van der Waals surface area contributed by atoms with Gasteiger partial charge >= 0.3 is 0 Å². The van der Waals surface area contributed by atoms with E-state index in [1.54, 1.807) is 12.1 Å². The fourth-order valence-corrected chi connectivity index (χ4v) is 4.09. The molecule has 2 saturated carbocycles. The predicted octanol–water partition coefficient (Wildman–Crippen LogP) is 4.00. The molecule has 2 aliphatic carbocycles. The minimum absolute atomic E-state index is 0.261. The number of fused-ring (bicyclic) bond motifs is 2. The van der Waals surface area contributed by atoms with Gasteiger partial charge in [-0.3, -0.25) is 4.79 Å². The first-order chi connectivity index (χ1) is 10.6. The van der Waals surface area contributed by atoms with Gasteiger partial charge in [-0.25, -0.2) is 0 Å². The van der Waals surface area contributed by atoms with Crippen molar-refractivity contribution in [2.75, 3.05) is 20.2 Å². The summed E-state index contributed by atoms with van der Waals surface area (Å²) in [5, 5.41) is 0.700. The number of hydrogen-bond acceptors (Lipinski definition) is 2. The molecule has 0 N–H and O–H groups in total. The Labute approximate surface area is 137 Å². The first-order valence-electron chi connectivity index (χ1n) is 8.24. The fourth-order valence-electron chi connectivity index (χ4n) is 3.96. The second kappa shape index (κ2) is 6.91. The molecular weight excluding hydrogens is 298 g/mol. The number of amides is 1. The lowest BCUT2D eigenvalue weighted by Gasteiger charge is -2.24. The Morgan fingerprint density at radius 2 is 2.05 bits per heavy atom. The lowest BCUT2D eigenvalue weighted by Crippen LogP contribution is -2.33. The van der Waals surface area contributed by atoms with Crippen molar-refractivity contribution < 1.29 is 9.53 Å². The van der Waals surface area contributed by atoms with Crippen LogP contribution in [-0.2, 0) is 4.79 Å². The molecule has 0 heterocycles. The van der Waals surface area contributed by atoms with Gasteiger partial charge in [-0.15, -0.1) is 0 Å². The van der Waals surface area contributed by atoms with Crippen molar-refractivity contribution in [2.24, 2.45) is 17.8 Å². The van der Waals surface area contributed by atoms with Crippen LogP contribution in [0, 0.1) is 17.8 Å². The van der Waals surface area contributed by atoms with Crippen molar-refractivity contribution in [3.63, 3.8) is 0 Å². The summed E-state index contributed by atoms with van der Waals surface area (Å²) in [4.78, 5) is 14.1. The van der Waals surface area contributed by atoms with Gasteiger partial charge in [-0.1, -0.05) is 18.0 Å². The maximum Gasteiger partial charge on any atom is 0.222 e. The normalized spacial score (nSPS) is 26.2. The van der Waals surface area contributed by atoms with Gasteiger partial charge in [-0.2, -0.15) is 0 Å². The number of nitrogens with zero attached hydrogens (tertiary/aromatic N) is 1. The zero-order valence-corrected chi connectivity index (χ0v) is 13.9. The highest BCUT2D eigenvalue weighted by molar-refractivity contribution is 6.30. The van der Waals surface area contributed by atoms with Crippen molar-refractivity contribution in [3.8, 4) is 5.75 Å². The molecule has 0 saturated heterocycles. The molecule has 3 unspecified atom stereocenters.